The summed E-state index contributed by atoms with van der Waals surface area (Å²) in [5, 5.41) is 9.46. The molecule has 5 rings (SSSR count). The molecule has 1 heterocycles. The number of anilines is 2. The molecule has 0 unspecified atom stereocenters. The van der Waals surface area contributed by atoms with E-state index in [0.29, 0.717) is 29.6 Å². The van der Waals surface area contributed by atoms with Crippen molar-refractivity contribution in [1.29, 1.82) is 0 Å². The van der Waals surface area contributed by atoms with Crippen molar-refractivity contribution in [1.82, 2.24) is 10.2 Å². The molecule has 154 valence electrons. The Balaban J connectivity index is 1.33. The van der Waals surface area contributed by atoms with Crippen LogP contribution in [0.5, 0.6) is 0 Å². The Kier molecular flexibility index (Phi) is 4.43. The number of carbonyl (C=O) groups excluding carboxylic acids is 3. The number of urea groups is 1. The molecule has 4 amide bonds. The van der Waals surface area contributed by atoms with E-state index in [2.05, 4.69) is 16.0 Å². The molecule has 2 aliphatic carbocycles. The Morgan fingerprint density at radius 1 is 1.17 bits per heavy atom. The van der Waals surface area contributed by atoms with Crippen molar-refractivity contribution in [2.24, 2.45) is 0 Å². The maximum atomic E-state index is 13.2. The maximum Gasteiger partial charge on any atom is 0.325 e. The van der Waals surface area contributed by atoms with E-state index in [0.717, 1.165) is 34.6 Å². The lowest BCUT2D eigenvalue weighted by Crippen LogP contribution is -2.43. The van der Waals surface area contributed by atoms with Gasteiger partial charge in [0.1, 0.15) is 12.1 Å². The Hall–Kier alpha value is -3.06. The van der Waals surface area contributed by atoms with Crippen LogP contribution in [0.2, 0.25) is 5.02 Å². The summed E-state index contributed by atoms with van der Waals surface area (Å²) in [6.45, 7) is -0.357. The van der Waals surface area contributed by atoms with E-state index in [4.69, 9.17) is 11.6 Å². The Morgan fingerprint density at radius 2 is 1.97 bits per heavy atom. The molecular formula is C22H21ClN4O3. The first kappa shape index (κ1) is 18.9. The zero-order valence-electron chi connectivity index (χ0n) is 16.2. The van der Waals surface area contributed by atoms with Gasteiger partial charge in [-0.05, 0) is 55.0 Å². The van der Waals surface area contributed by atoms with E-state index in [1.807, 2.05) is 30.3 Å². The zero-order chi connectivity index (χ0) is 20.9. The molecule has 1 spiro atoms. The number of amides is 4. The smallest absolute Gasteiger partial charge is 0.325 e. The fraction of sp³-hybridized carbons (Fsp3) is 0.318. The summed E-state index contributed by atoms with van der Waals surface area (Å²) < 4.78 is 0. The van der Waals surface area contributed by atoms with Gasteiger partial charge in [0.2, 0.25) is 5.91 Å². The van der Waals surface area contributed by atoms with Crippen LogP contribution in [0.4, 0.5) is 16.2 Å². The van der Waals surface area contributed by atoms with Crippen molar-refractivity contribution in [3.05, 3.63) is 58.6 Å². The Morgan fingerprint density at radius 3 is 2.77 bits per heavy atom. The third-order valence-electron chi connectivity index (χ3n) is 5.92. The molecule has 2 aromatic rings. The fourth-order valence-electron chi connectivity index (χ4n) is 4.26. The van der Waals surface area contributed by atoms with Gasteiger partial charge in [-0.25, -0.2) is 4.79 Å². The predicted octanol–water partition coefficient (Wildman–Crippen LogP) is 3.25. The fourth-order valence-corrected chi connectivity index (χ4v) is 4.43. The first-order valence-electron chi connectivity index (χ1n) is 10.0. The molecule has 1 saturated heterocycles. The Bertz CT molecular complexity index is 1070. The Labute approximate surface area is 178 Å². The van der Waals surface area contributed by atoms with Gasteiger partial charge in [-0.1, -0.05) is 35.9 Å². The summed E-state index contributed by atoms with van der Waals surface area (Å²) in [7, 11) is 0. The highest BCUT2D eigenvalue weighted by Crippen LogP contribution is 2.41. The van der Waals surface area contributed by atoms with Gasteiger partial charge in [0.05, 0.1) is 11.4 Å². The summed E-state index contributed by atoms with van der Waals surface area (Å²) in [6, 6.07) is 12.7. The molecule has 7 nitrogen and oxygen atoms in total. The number of carbonyl (C=O) groups is 3. The van der Waals surface area contributed by atoms with Crippen LogP contribution in [0.15, 0.2) is 42.5 Å². The first-order valence-corrected chi connectivity index (χ1v) is 10.4. The zero-order valence-corrected chi connectivity index (χ0v) is 17.0. The molecule has 1 atom stereocenters. The summed E-state index contributed by atoms with van der Waals surface area (Å²) in [4.78, 5) is 39.5. The second-order valence-corrected chi connectivity index (χ2v) is 8.48. The topological polar surface area (TPSA) is 90.5 Å². The average Bonchev–Trinajstić information content (AvgIpc) is 3.42. The lowest BCUT2D eigenvalue weighted by Gasteiger charge is -2.22. The standard InChI is InChI=1S/C22H21ClN4O3/c23-14-5-8-17(24-15-6-7-15)18(11-14)25-19(28)12-27-20(29)22(26-21(27)30)10-9-13-3-1-2-4-16(13)22/h1-5,8,11,15,24H,6-7,9-10,12H2,(H,25,28)(H,26,30)/t22-/m0/s1. The molecule has 1 saturated carbocycles. The number of hydrogen-bond acceptors (Lipinski definition) is 4. The minimum Gasteiger partial charge on any atom is -0.381 e. The SMILES string of the molecule is O=C(CN1C(=O)N[C@]2(CCc3ccccc32)C1=O)Nc1cc(Cl)ccc1NC1CC1. The number of rotatable bonds is 5. The highest BCUT2D eigenvalue weighted by atomic mass is 35.5. The van der Waals surface area contributed by atoms with Crippen molar-refractivity contribution in [2.45, 2.75) is 37.3 Å². The van der Waals surface area contributed by atoms with Crippen LogP contribution in [0.3, 0.4) is 0 Å². The molecule has 0 bridgehead atoms. The minimum absolute atomic E-state index is 0.357. The number of halogens is 1. The molecule has 1 aliphatic heterocycles. The largest absolute Gasteiger partial charge is 0.381 e. The van der Waals surface area contributed by atoms with Crippen molar-refractivity contribution >= 4 is 40.8 Å². The number of imide groups is 1. The predicted molar refractivity (Wildman–Crippen MR) is 113 cm³/mol. The minimum atomic E-state index is -1.07. The van der Waals surface area contributed by atoms with Gasteiger partial charge in [0.25, 0.3) is 5.91 Å². The third-order valence-corrected chi connectivity index (χ3v) is 6.15. The highest BCUT2D eigenvalue weighted by Gasteiger charge is 2.55. The molecule has 3 N–H and O–H groups in total. The second-order valence-electron chi connectivity index (χ2n) is 8.04. The molecule has 8 heteroatoms. The first-order chi connectivity index (χ1) is 14.5. The van der Waals surface area contributed by atoms with E-state index in [-0.39, 0.29) is 12.5 Å². The molecule has 30 heavy (non-hydrogen) atoms. The van der Waals surface area contributed by atoms with Crippen molar-refractivity contribution in [2.75, 3.05) is 17.2 Å². The van der Waals surface area contributed by atoms with Crippen molar-refractivity contribution in [3.8, 4) is 0 Å². The van der Waals surface area contributed by atoms with Gasteiger partial charge in [-0.15, -0.1) is 0 Å². The van der Waals surface area contributed by atoms with E-state index < -0.39 is 17.5 Å². The summed E-state index contributed by atoms with van der Waals surface area (Å²) >= 11 is 6.09. The highest BCUT2D eigenvalue weighted by molar-refractivity contribution is 6.31. The molecule has 2 fully saturated rings. The van der Waals surface area contributed by atoms with Crippen molar-refractivity contribution in [3.63, 3.8) is 0 Å². The van der Waals surface area contributed by atoms with E-state index >= 15 is 0 Å². The molecule has 3 aliphatic rings. The van der Waals surface area contributed by atoms with E-state index in [1.54, 1.807) is 12.1 Å². The number of benzene rings is 2. The van der Waals surface area contributed by atoms with Gasteiger partial charge < -0.3 is 16.0 Å². The number of nitrogens with one attached hydrogen (secondary N) is 3. The van der Waals surface area contributed by atoms with Gasteiger partial charge >= 0.3 is 6.03 Å². The van der Waals surface area contributed by atoms with Gasteiger partial charge in [0, 0.05) is 11.1 Å². The van der Waals surface area contributed by atoms with Crippen LogP contribution in [-0.2, 0) is 21.5 Å². The lowest BCUT2D eigenvalue weighted by atomic mass is 9.92. The normalized spacial score (nSPS) is 22.2. The number of hydrogen-bond donors (Lipinski definition) is 3. The van der Waals surface area contributed by atoms with E-state index in [1.165, 1.54) is 0 Å². The van der Waals surface area contributed by atoms with Crippen LogP contribution in [0.25, 0.3) is 0 Å². The number of aryl methyl sites for hydroxylation is 1. The number of fused-ring (bicyclic) bond motifs is 2. The van der Waals surface area contributed by atoms with E-state index in [9.17, 15) is 14.4 Å². The van der Waals surface area contributed by atoms with Crippen LogP contribution in [0, 0.1) is 0 Å². The maximum absolute atomic E-state index is 13.2. The summed E-state index contributed by atoms with van der Waals surface area (Å²) in [5.41, 5.74) is 2.10. The monoisotopic (exact) mass is 424 g/mol. The quantitative estimate of drug-likeness (QED) is 0.642. The summed E-state index contributed by atoms with van der Waals surface area (Å²) in [5.74, 6) is -0.835. The second kappa shape index (κ2) is 7.02. The van der Waals surface area contributed by atoms with Gasteiger partial charge in [-0.3, -0.25) is 14.5 Å². The molecule has 2 aromatic carbocycles. The lowest BCUT2D eigenvalue weighted by molar-refractivity contribution is -0.134. The summed E-state index contributed by atoms with van der Waals surface area (Å²) in [6.07, 6.45) is 3.38. The average molecular weight is 425 g/mol. The van der Waals surface area contributed by atoms with Crippen LogP contribution in [0.1, 0.15) is 30.4 Å². The van der Waals surface area contributed by atoms with Crippen LogP contribution in [-0.4, -0.2) is 35.3 Å². The third kappa shape index (κ3) is 3.19. The van der Waals surface area contributed by atoms with Crippen molar-refractivity contribution < 1.29 is 14.4 Å². The van der Waals surface area contributed by atoms with Gasteiger partial charge in [-0.2, -0.15) is 0 Å². The molecular weight excluding hydrogens is 404 g/mol. The molecule has 0 aromatic heterocycles. The van der Waals surface area contributed by atoms with Crippen LogP contribution < -0.4 is 16.0 Å². The van der Waals surface area contributed by atoms with Crippen LogP contribution >= 0.6 is 11.6 Å². The molecule has 0 radical (unpaired) electrons. The number of nitrogens with zero attached hydrogens (tertiary/aromatic N) is 1. The van der Waals surface area contributed by atoms with Gasteiger partial charge in [0.15, 0.2) is 0 Å².